The maximum atomic E-state index is 15.0. The molecule has 0 saturated carbocycles. The van der Waals surface area contributed by atoms with Crippen LogP contribution in [-0.2, 0) is 19.5 Å². The molecule has 0 spiro atoms. The number of methoxy groups -OCH3 is 2. The summed E-state index contributed by atoms with van der Waals surface area (Å²) in [5.74, 6) is -2.95. The van der Waals surface area contributed by atoms with Crippen LogP contribution in [0.2, 0.25) is 5.02 Å². The van der Waals surface area contributed by atoms with Gasteiger partial charge in [0.05, 0.1) is 42.8 Å². The van der Waals surface area contributed by atoms with Gasteiger partial charge >= 0.3 is 5.97 Å². The van der Waals surface area contributed by atoms with Gasteiger partial charge in [-0.15, -0.1) is 0 Å². The number of ether oxygens (including phenoxy) is 4. The average Bonchev–Trinajstić information content (AvgIpc) is 2.90. The molecule has 41 heavy (non-hydrogen) atoms. The van der Waals surface area contributed by atoms with Gasteiger partial charge in [-0.1, -0.05) is 29.8 Å². The Kier molecular flexibility index (Phi) is 10.5. The van der Waals surface area contributed by atoms with Crippen molar-refractivity contribution in [1.29, 1.82) is 0 Å². The van der Waals surface area contributed by atoms with Crippen LogP contribution in [0.1, 0.15) is 31.1 Å². The summed E-state index contributed by atoms with van der Waals surface area (Å²) in [6.45, 7) is 6.73. The monoisotopic (exact) mass is 612 g/mol. The molecule has 0 fully saturated rings. The van der Waals surface area contributed by atoms with Gasteiger partial charge in [0.25, 0.3) is 10.0 Å². The van der Waals surface area contributed by atoms with Crippen LogP contribution in [0, 0.1) is 11.6 Å². The predicted molar refractivity (Wildman–Crippen MR) is 151 cm³/mol. The first-order valence-electron chi connectivity index (χ1n) is 12.3. The van der Waals surface area contributed by atoms with Crippen LogP contribution in [0.5, 0.6) is 11.5 Å². The highest BCUT2D eigenvalue weighted by Crippen LogP contribution is 2.37. The fourth-order valence-corrected chi connectivity index (χ4v) is 5.25. The van der Waals surface area contributed by atoms with Crippen LogP contribution >= 0.6 is 11.6 Å². The molecule has 2 N–H and O–H groups in total. The number of sulfonamides is 1. The van der Waals surface area contributed by atoms with Crippen LogP contribution < -0.4 is 19.5 Å². The van der Waals surface area contributed by atoms with Gasteiger partial charge < -0.3 is 18.9 Å². The smallest absolute Gasteiger partial charge is 0.337 e. The maximum absolute atomic E-state index is 15.0. The summed E-state index contributed by atoms with van der Waals surface area (Å²) in [5.41, 5.74) is -0.883. The highest BCUT2D eigenvalue weighted by molar-refractivity contribution is 7.92. The van der Waals surface area contributed by atoms with E-state index in [1.807, 2.05) is 20.8 Å². The molecule has 0 amide bonds. The van der Waals surface area contributed by atoms with Crippen molar-refractivity contribution in [2.24, 2.45) is 0 Å². The van der Waals surface area contributed by atoms with Crippen molar-refractivity contribution in [3.05, 3.63) is 70.8 Å². The predicted octanol–water partition coefficient (Wildman–Crippen LogP) is 5.62. The second-order valence-electron chi connectivity index (χ2n) is 9.64. The van der Waals surface area contributed by atoms with Crippen LogP contribution in [0.25, 0.3) is 11.1 Å². The van der Waals surface area contributed by atoms with Gasteiger partial charge in [0, 0.05) is 23.7 Å². The lowest BCUT2D eigenvalue weighted by Crippen LogP contribution is -2.30. The lowest BCUT2D eigenvalue weighted by Gasteiger charge is -2.20. The first-order valence-corrected chi connectivity index (χ1v) is 14.2. The standard InChI is InChI=1S/C28H31ClF2N2O7S/c1-28(2,3)40-16-32-10-11-39-24-9-7-6-8-18(24)19-14-23(22(31)15-21(19)30)33-41(35,36)25-13-17(27(34)38-5)12-20(29)26(25)37-4/h6-9,12-15,32-33H,10-11,16H2,1-5H3. The van der Waals surface area contributed by atoms with E-state index in [9.17, 15) is 17.6 Å². The Morgan fingerprint density at radius 3 is 2.37 bits per heavy atom. The SMILES string of the molecule is COC(=O)c1cc(Cl)c(OC)c(S(=O)(=O)Nc2cc(-c3ccccc3OCCNCOC(C)(C)C)c(F)cc2F)c1. The topological polar surface area (TPSA) is 112 Å². The third-order valence-corrected chi connectivity index (χ3v) is 7.20. The molecule has 0 aliphatic rings. The van der Waals surface area contributed by atoms with Crippen LogP contribution in [-0.4, -0.2) is 54.1 Å². The zero-order valence-electron chi connectivity index (χ0n) is 23.1. The van der Waals surface area contributed by atoms with Crippen LogP contribution in [0.15, 0.2) is 53.4 Å². The molecule has 0 aromatic heterocycles. The van der Waals surface area contributed by atoms with Gasteiger partial charge in [0.1, 0.15) is 28.9 Å². The molecule has 0 unspecified atom stereocenters. The van der Waals surface area contributed by atoms with E-state index in [4.69, 9.17) is 25.8 Å². The molecule has 0 atom stereocenters. The van der Waals surface area contributed by atoms with Crippen molar-refractivity contribution < 1.29 is 40.9 Å². The second kappa shape index (κ2) is 13.5. The zero-order valence-corrected chi connectivity index (χ0v) is 24.7. The van der Waals surface area contributed by atoms with Crippen molar-refractivity contribution in [1.82, 2.24) is 5.32 Å². The molecule has 0 aliphatic carbocycles. The number of halogens is 3. The molecule has 0 heterocycles. The number of nitrogens with one attached hydrogen (secondary N) is 2. The quantitative estimate of drug-likeness (QED) is 0.154. The number of hydrogen-bond acceptors (Lipinski definition) is 8. The van der Waals surface area contributed by atoms with E-state index in [0.717, 1.165) is 19.2 Å². The summed E-state index contributed by atoms with van der Waals surface area (Å²) < 4.78 is 79.8. The summed E-state index contributed by atoms with van der Waals surface area (Å²) >= 11 is 6.14. The van der Waals surface area contributed by atoms with E-state index >= 15 is 4.39 Å². The summed E-state index contributed by atoms with van der Waals surface area (Å²) in [5, 5.41) is 2.88. The molecule has 0 bridgehead atoms. The third kappa shape index (κ3) is 8.29. The minimum absolute atomic E-state index is 0.114. The Hall–Kier alpha value is -3.45. The van der Waals surface area contributed by atoms with Gasteiger partial charge in [-0.25, -0.2) is 22.0 Å². The fourth-order valence-electron chi connectivity index (χ4n) is 3.62. The van der Waals surface area contributed by atoms with Gasteiger partial charge in [-0.05, 0) is 45.0 Å². The van der Waals surface area contributed by atoms with Crippen LogP contribution in [0.4, 0.5) is 14.5 Å². The molecule has 0 saturated heterocycles. The second-order valence-corrected chi connectivity index (χ2v) is 11.7. The molecule has 0 aliphatic heterocycles. The van der Waals surface area contributed by atoms with E-state index in [1.54, 1.807) is 24.3 Å². The number of hydrogen-bond donors (Lipinski definition) is 2. The first-order chi connectivity index (χ1) is 19.3. The lowest BCUT2D eigenvalue weighted by molar-refractivity contribution is -0.0139. The number of carbonyl (C=O) groups excluding carboxylic acids is 1. The van der Waals surface area contributed by atoms with Gasteiger partial charge in [-0.2, -0.15) is 0 Å². The minimum Gasteiger partial charge on any atom is -0.494 e. The van der Waals surface area contributed by atoms with E-state index in [0.29, 0.717) is 25.1 Å². The summed E-state index contributed by atoms with van der Waals surface area (Å²) in [4.78, 5) is 11.5. The zero-order chi connectivity index (χ0) is 30.4. The number of anilines is 1. The molecule has 13 heteroatoms. The Morgan fingerprint density at radius 2 is 1.71 bits per heavy atom. The van der Waals surface area contributed by atoms with E-state index < -0.39 is 38.2 Å². The van der Waals surface area contributed by atoms with Gasteiger partial charge in [-0.3, -0.25) is 10.0 Å². The van der Waals surface area contributed by atoms with E-state index in [-0.39, 0.29) is 39.7 Å². The lowest BCUT2D eigenvalue weighted by atomic mass is 10.0. The van der Waals surface area contributed by atoms with Crippen molar-refractivity contribution in [2.75, 3.05) is 38.8 Å². The van der Waals surface area contributed by atoms with Crippen molar-refractivity contribution in [2.45, 2.75) is 31.3 Å². The largest absolute Gasteiger partial charge is 0.494 e. The van der Waals surface area contributed by atoms with Crippen LogP contribution in [0.3, 0.4) is 0 Å². The minimum atomic E-state index is -4.60. The normalized spacial score (nSPS) is 11.7. The van der Waals surface area contributed by atoms with E-state index in [1.165, 1.54) is 13.2 Å². The van der Waals surface area contributed by atoms with Crippen molar-refractivity contribution >= 4 is 33.3 Å². The molecule has 3 aromatic carbocycles. The number of benzene rings is 3. The summed E-state index contributed by atoms with van der Waals surface area (Å²) in [7, 11) is -2.31. The summed E-state index contributed by atoms with van der Waals surface area (Å²) in [6.07, 6.45) is 0. The molecular formula is C28H31ClF2N2O7S. The molecular weight excluding hydrogens is 582 g/mol. The Morgan fingerprint density at radius 1 is 1.00 bits per heavy atom. The highest BCUT2D eigenvalue weighted by Gasteiger charge is 2.27. The third-order valence-electron chi connectivity index (χ3n) is 5.55. The molecule has 0 radical (unpaired) electrons. The molecule has 3 aromatic rings. The highest BCUT2D eigenvalue weighted by atomic mass is 35.5. The maximum Gasteiger partial charge on any atom is 0.337 e. The summed E-state index contributed by atoms with van der Waals surface area (Å²) in [6, 6.07) is 10.2. The molecule has 3 rings (SSSR count). The molecule has 222 valence electrons. The molecule has 9 nitrogen and oxygen atoms in total. The van der Waals surface area contributed by atoms with Gasteiger partial charge in [0.15, 0.2) is 5.75 Å². The Labute approximate surface area is 242 Å². The number of carbonyl (C=O) groups is 1. The Balaban J connectivity index is 1.91. The van der Waals surface area contributed by atoms with Gasteiger partial charge in [0.2, 0.25) is 0 Å². The average molecular weight is 613 g/mol. The first kappa shape index (κ1) is 32.1. The number of esters is 1. The van der Waals surface area contributed by atoms with Crippen molar-refractivity contribution in [3.63, 3.8) is 0 Å². The fraction of sp³-hybridized carbons (Fsp3) is 0.321. The number of rotatable bonds is 12. The van der Waals surface area contributed by atoms with E-state index in [2.05, 4.69) is 14.8 Å². The van der Waals surface area contributed by atoms with Crippen molar-refractivity contribution in [3.8, 4) is 22.6 Å². The number of para-hydroxylation sites is 1. The Bertz CT molecular complexity index is 1510.